The van der Waals surface area contributed by atoms with Crippen molar-refractivity contribution in [1.82, 2.24) is 15.5 Å². The average Bonchev–Trinajstić information content (AvgIpc) is 2.70. The van der Waals surface area contributed by atoms with Gasteiger partial charge in [-0.3, -0.25) is 4.90 Å². The van der Waals surface area contributed by atoms with Crippen molar-refractivity contribution in [3.05, 3.63) is 23.8 Å². The highest BCUT2D eigenvalue weighted by atomic mass is 19.3. The van der Waals surface area contributed by atoms with Gasteiger partial charge in [-0.15, -0.1) is 0 Å². The molecular formula is C20H32F2N4O4. The first-order valence-electron chi connectivity index (χ1n) is 9.99. The molecule has 0 radical (unpaired) electrons. The van der Waals surface area contributed by atoms with E-state index in [0.29, 0.717) is 44.4 Å². The molecule has 0 spiro atoms. The van der Waals surface area contributed by atoms with Crippen molar-refractivity contribution in [1.29, 1.82) is 0 Å². The van der Waals surface area contributed by atoms with Crippen LogP contribution in [0.4, 0.5) is 8.78 Å². The van der Waals surface area contributed by atoms with Gasteiger partial charge in [0.15, 0.2) is 17.5 Å². The van der Waals surface area contributed by atoms with E-state index in [4.69, 9.17) is 9.47 Å². The van der Waals surface area contributed by atoms with Crippen LogP contribution in [-0.2, 0) is 11.3 Å². The quantitative estimate of drug-likeness (QED) is 0.382. The normalized spacial score (nSPS) is 17.5. The molecule has 1 atom stereocenters. The van der Waals surface area contributed by atoms with Gasteiger partial charge in [-0.2, -0.15) is 8.78 Å². The van der Waals surface area contributed by atoms with Gasteiger partial charge in [0.25, 0.3) is 0 Å². The number of methoxy groups -OCH3 is 1. The second-order valence-corrected chi connectivity index (χ2v) is 7.30. The van der Waals surface area contributed by atoms with Gasteiger partial charge in [0.05, 0.1) is 32.5 Å². The number of hydrogen-bond acceptors (Lipinski definition) is 6. The molecule has 1 heterocycles. The molecule has 10 heteroatoms. The lowest BCUT2D eigenvalue weighted by Crippen LogP contribution is -2.52. The Morgan fingerprint density at radius 3 is 2.67 bits per heavy atom. The lowest BCUT2D eigenvalue weighted by atomic mass is 10.1. The maximum Gasteiger partial charge on any atom is 0.387 e. The summed E-state index contributed by atoms with van der Waals surface area (Å²) in [6, 6.07) is 4.78. The Labute approximate surface area is 176 Å². The third kappa shape index (κ3) is 8.29. The molecule has 0 aromatic heterocycles. The van der Waals surface area contributed by atoms with Crippen molar-refractivity contribution in [2.45, 2.75) is 32.6 Å². The van der Waals surface area contributed by atoms with E-state index < -0.39 is 12.2 Å². The Hall–Kier alpha value is -2.17. The number of hydrogen-bond donors (Lipinski definition) is 3. The molecule has 0 amide bonds. The highest BCUT2D eigenvalue weighted by Gasteiger charge is 2.25. The predicted molar refractivity (Wildman–Crippen MR) is 110 cm³/mol. The number of β-amino-alcohol motifs (C(OH)–C–C–N with tert-alkyl or cyclic N) is 1. The summed E-state index contributed by atoms with van der Waals surface area (Å²) >= 11 is 0. The maximum atomic E-state index is 12.6. The summed E-state index contributed by atoms with van der Waals surface area (Å²) < 4.78 is 40.1. The number of benzene rings is 1. The summed E-state index contributed by atoms with van der Waals surface area (Å²) in [6.07, 6.45) is 0. The number of ether oxygens (including phenoxy) is 3. The number of rotatable bonds is 10. The number of guanidine groups is 1. The fourth-order valence-corrected chi connectivity index (χ4v) is 3.09. The molecule has 1 aliphatic rings. The molecule has 1 unspecified atom stereocenters. The molecule has 170 valence electrons. The van der Waals surface area contributed by atoms with Crippen LogP contribution in [0.5, 0.6) is 11.5 Å². The van der Waals surface area contributed by atoms with Gasteiger partial charge in [-0.25, -0.2) is 4.99 Å². The van der Waals surface area contributed by atoms with Crippen LogP contribution in [0.1, 0.15) is 19.4 Å². The van der Waals surface area contributed by atoms with E-state index in [1.165, 1.54) is 13.2 Å². The minimum Gasteiger partial charge on any atom is -0.493 e. The first kappa shape index (κ1) is 24.1. The zero-order chi connectivity index (χ0) is 22.0. The fourth-order valence-electron chi connectivity index (χ4n) is 3.09. The van der Waals surface area contributed by atoms with Crippen LogP contribution in [0.2, 0.25) is 0 Å². The Morgan fingerprint density at radius 1 is 1.30 bits per heavy atom. The molecular weight excluding hydrogens is 398 g/mol. The minimum atomic E-state index is -2.94. The van der Waals surface area contributed by atoms with Crippen LogP contribution >= 0.6 is 0 Å². The van der Waals surface area contributed by atoms with Gasteiger partial charge in [0, 0.05) is 32.7 Å². The molecule has 1 saturated heterocycles. The van der Waals surface area contributed by atoms with Crippen molar-refractivity contribution in [3.8, 4) is 11.5 Å². The van der Waals surface area contributed by atoms with Crippen molar-refractivity contribution in [3.63, 3.8) is 0 Å². The summed E-state index contributed by atoms with van der Waals surface area (Å²) in [4.78, 5) is 6.64. The second kappa shape index (κ2) is 11.9. The van der Waals surface area contributed by atoms with E-state index in [2.05, 4.69) is 25.3 Å². The molecule has 0 aliphatic carbocycles. The highest BCUT2D eigenvalue weighted by molar-refractivity contribution is 5.79. The van der Waals surface area contributed by atoms with Gasteiger partial charge in [-0.05, 0) is 31.5 Å². The van der Waals surface area contributed by atoms with E-state index in [1.54, 1.807) is 19.1 Å². The third-order valence-electron chi connectivity index (χ3n) is 4.51. The number of aliphatic imine (C=N–C) groups is 1. The highest BCUT2D eigenvalue weighted by Crippen LogP contribution is 2.29. The van der Waals surface area contributed by atoms with Crippen molar-refractivity contribution in [2.75, 3.05) is 53.0 Å². The van der Waals surface area contributed by atoms with E-state index in [1.807, 2.05) is 6.92 Å². The Bertz CT molecular complexity index is 683. The fraction of sp³-hybridized carbons (Fsp3) is 0.650. The Morgan fingerprint density at radius 2 is 2.03 bits per heavy atom. The van der Waals surface area contributed by atoms with Gasteiger partial charge in [-0.1, -0.05) is 6.07 Å². The number of nitrogens with zero attached hydrogens (tertiary/aromatic N) is 2. The first-order chi connectivity index (χ1) is 14.3. The van der Waals surface area contributed by atoms with E-state index in [9.17, 15) is 13.9 Å². The van der Waals surface area contributed by atoms with E-state index in [0.717, 1.165) is 13.1 Å². The molecule has 30 heavy (non-hydrogen) atoms. The molecule has 0 bridgehead atoms. The molecule has 3 N–H and O–H groups in total. The summed E-state index contributed by atoms with van der Waals surface area (Å²) in [5.41, 5.74) is -0.268. The number of halogens is 2. The summed E-state index contributed by atoms with van der Waals surface area (Å²) in [6.45, 7) is 5.42. The molecule has 2 rings (SSSR count). The van der Waals surface area contributed by atoms with Crippen molar-refractivity contribution < 1.29 is 28.1 Å². The second-order valence-electron chi connectivity index (χ2n) is 7.30. The smallest absolute Gasteiger partial charge is 0.387 e. The van der Waals surface area contributed by atoms with Crippen LogP contribution in [0.25, 0.3) is 0 Å². The van der Waals surface area contributed by atoms with Crippen molar-refractivity contribution >= 4 is 5.96 Å². The first-order valence-corrected chi connectivity index (χ1v) is 9.99. The average molecular weight is 430 g/mol. The molecule has 8 nitrogen and oxygen atoms in total. The van der Waals surface area contributed by atoms with Gasteiger partial charge < -0.3 is 30.0 Å². The SMILES string of the molecule is CCNC(=NCc1ccc(OC)c(OC(F)F)c1)NCC(C)(O)CN1CCOCC1. The summed E-state index contributed by atoms with van der Waals surface area (Å²) in [7, 11) is 1.39. The van der Waals surface area contributed by atoms with Crippen molar-refractivity contribution in [2.24, 2.45) is 4.99 Å². The van der Waals surface area contributed by atoms with E-state index >= 15 is 0 Å². The topological polar surface area (TPSA) is 87.6 Å². The lowest BCUT2D eigenvalue weighted by molar-refractivity contribution is -0.0512. The Kier molecular flexibility index (Phi) is 9.54. The minimum absolute atomic E-state index is 0.0356. The summed E-state index contributed by atoms with van der Waals surface area (Å²) in [5, 5.41) is 17.0. The zero-order valence-electron chi connectivity index (χ0n) is 17.8. The molecule has 1 aromatic carbocycles. The third-order valence-corrected chi connectivity index (χ3v) is 4.51. The monoisotopic (exact) mass is 430 g/mol. The molecule has 0 saturated carbocycles. The molecule has 1 aromatic rings. The standard InChI is InChI=1S/C20H32F2N4O4/c1-4-23-19(25-13-20(2,27)14-26-7-9-29-10-8-26)24-12-15-5-6-16(28-3)17(11-15)30-18(21)22/h5-6,11,18,27H,4,7-10,12-14H2,1-3H3,(H2,23,24,25). The van der Waals surface area contributed by atoms with Gasteiger partial charge in [0.2, 0.25) is 0 Å². The number of aliphatic hydroxyl groups is 1. The largest absolute Gasteiger partial charge is 0.493 e. The number of morpholine rings is 1. The van der Waals surface area contributed by atoms with Crippen LogP contribution < -0.4 is 20.1 Å². The molecule has 1 aliphatic heterocycles. The molecule has 1 fully saturated rings. The van der Waals surface area contributed by atoms with Crippen LogP contribution in [0.3, 0.4) is 0 Å². The zero-order valence-corrected chi connectivity index (χ0v) is 17.8. The van der Waals surface area contributed by atoms with Gasteiger partial charge >= 0.3 is 6.61 Å². The maximum absolute atomic E-state index is 12.6. The van der Waals surface area contributed by atoms with E-state index in [-0.39, 0.29) is 18.0 Å². The number of alkyl halides is 2. The lowest BCUT2D eigenvalue weighted by Gasteiger charge is -2.34. The van der Waals surface area contributed by atoms with Crippen LogP contribution in [-0.4, -0.2) is 81.2 Å². The predicted octanol–water partition coefficient (Wildman–Crippen LogP) is 1.43. The Balaban J connectivity index is 1.97. The van der Waals surface area contributed by atoms with Gasteiger partial charge in [0.1, 0.15) is 0 Å². The van der Waals surface area contributed by atoms with Crippen LogP contribution in [0.15, 0.2) is 23.2 Å². The van der Waals surface area contributed by atoms with Crippen LogP contribution in [0, 0.1) is 0 Å². The number of nitrogens with one attached hydrogen (secondary N) is 2. The summed E-state index contributed by atoms with van der Waals surface area (Å²) in [5.74, 6) is 0.714.